The molecule has 5 heteroatoms. The van der Waals surface area contributed by atoms with Crippen LogP contribution in [0.15, 0.2) is 21.7 Å². The van der Waals surface area contributed by atoms with E-state index in [1.807, 2.05) is 5.38 Å². The SMILES string of the molecule is O=S(=O)(c1cccs1)N1CC2CC2C1. The molecular formula is C9H11NO2S2. The largest absolute Gasteiger partial charge is 0.252 e. The lowest BCUT2D eigenvalue weighted by molar-refractivity contribution is 0.444. The zero-order chi connectivity index (χ0) is 9.76. The van der Waals surface area contributed by atoms with Crippen LogP contribution in [-0.2, 0) is 10.0 Å². The predicted molar refractivity (Wildman–Crippen MR) is 54.7 cm³/mol. The maximum Gasteiger partial charge on any atom is 0.252 e. The van der Waals surface area contributed by atoms with Crippen molar-refractivity contribution in [3.05, 3.63) is 17.5 Å². The van der Waals surface area contributed by atoms with E-state index in [0.29, 0.717) is 16.0 Å². The number of sulfonamides is 1. The molecule has 0 spiro atoms. The van der Waals surface area contributed by atoms with Crippen molar-refractivity contribution < 1.29 is 8.42 Å². The second-order valence-electron chi connectivity index (χ2n) is 4.01. The molecule has 3 nitrogen and oxygen atoms in total. The highest BCUT2D eigenvalue weighted by molar-refractivity contribution is 7.91. The molecule has 1 aliphatic heterocycles. The summed E-state index contributed by atoms with van der Waals surface area (Å²) in [5.41, 5.74) is 0. The summed E-state index contributed by atoms with van der Waals surface area (Å²) in [6.07, 6.45) is 1.23. The molecule has 0 bridgehead atoms. The number of nitrogens with zero attached hydrogens (tertiary/aromatic N) is 1. The van der Waals surface area contributed by atoms with Gasteiger partial charge in [-0.3, -0.25) is 0 Å². The Balaban J connectivity index is 1.90. The molecular weight excluding hydrogens is 218 g/mol. The lowest BCUT2D eigenvalue weighted by Gasteiger charge is -2.16. The van der Waals surface area contributed by atoms with Crippen LogP contribution in [-0.4, -0.2) is 25.8 Å². The van der Waals surface area contributed by atoms with E-state index in [0.717, 1.165) is 13.1 Å². The van der Waals surface area contributed by atoms with Gasteiger partial charge in [-0.2, -0.15) is 4.31 Å². The highest BCUT2D eigenvalue weighted by Gasteiger charge is 2.49. The fourth-order valence-electron chi connectivity index (χ4n) is 2.09. The molecule has 2 fully saturated rings. The Hall–Kier alpha value is -0.390. The Morgan fingerprint density at radius 1 is 1.36 bits per heavy atom. The molecule has 1 aromatic heterocycles. The van der Waals surface area contributed by atoms with Crippen LogP contribution < -0.4 is 0 Å². The van der Waals surface area contributed by atoms with Crippen LogP contribution in [0, 0.1) is 11.8 Å². The topological polar surface area (TPSA) is 37.4 Å². The minimum atomic E-state index is -3.15. The van der Waals surface area contributed by atoms with E-state index in [9.17, 15) is 8.42 Å². The second-order valence-corrected chi connectivity index (χ2v) is 7.12. The monoisotopic (exact) mass is 229 g/mol. The van der Waals surface area contributed by atoms with Gasteiger partial charge in [-0.05, 0) is 29.7 Å². The number of hydrogen-bond acceptors (Lipinski definition) is 3. The number of fused-ring (bicyclic) bond motifs is 1. The molecule has 76 valence electrons. The van der Waals surface area contributed by atoms with Gasteiger partial charge in [0, 0.05) is 13.1 Å². The first-order chi connectivity index (χ1) is 6.68. The van der Waals surface area contributed by atoms with Crippen molar-refractivity contribution in [2.75, 3.05) is 13.1 Å². The van der Waals surface area contributed by atoms with Gasteiger partial charge in [0.25, 0.3) is 10.0 Å². The minimum Gasteiger partial charge on any atom is -0.206 e. The van der Waals surface area contributed by atoms with Gasteiger partial charge in [0.1, 0.15) is 4.21 Å². The molecule has 3 rings (SSSR count). The zero-order valence-electron chi connectivity index (χ0n) is 7.59. The number of hydrogen-bond donors (Lipinski definition) is 0. The fourth-order valence-corrected chi connectivity index (χ4v) is 4.79. The summed E-state index contributed by atoms with van der Waals surface area (Å²) < 4.78 is 26.1. The van der Waals surface area contributed by atoms with Crippen LogP contribution in [0.5, 0.6) is 0 Å². The molecule has 2 heterocycles. The van der Waals surface area contributed by atoms with Crippen LogP contribution in [0.1, 0.15) is 6.42 Å². The standard InChI is InChI=1S/C9H11NO2S2/c11-14(12,9-2-1-3-13-9)10-5-7-4-8(7)6-10/h1-3,7-8H,4-6H2. The molecule has 0 radical (unpaired) electrons. The summed E-state index contributed by atoms with van der Waals surface area (Å²) >= 11 is 1.30. The highest BCUT2D eigenvalue weighted by atomic mass is 32.2. The normalized spacial score (nSPS) is 31.7. The van der Waals surface area contributed by atoms with Gasteiger partial charge in [0.15, 0.2) is 0 Å². The third-order valence-corrected chi connectivity index (χ3v) is 6.24. The molecule has 0 N–H and O–H groups in total. The molecule has 0 aromatic carbocycles. The van der Waals surface area contributed by atoms with Crippen molar-refractivity contribution in [1.82, 2.24) is 4.31 Å². The van der Waals surface area contributed by atoms with Crippen molar-refractivity contribution in [1.29, 1.82) is 0 Å². The molecule has 1 aliphatic carbocycles. The van der Waals surface area contributed by atoms with Crippen molar-refractivity contribution in [3.8, 4) is 0 Å². The minimum absolute atomic E-state index is 0.485. The van der Waals surface area contributed by atoms with Gasteiger partial charge >= 0.3 is 0 Å². The van der Waals surface area contributed by atoms with E-state index in [-0.39, 0.29) is 0 Å². The van der Waals surface area contributed by atoms with Crippen LogP contribution in [0.25, 0.3) is 0 Å². The van der Waals surface area contributed by atoms with Crippen molar-refractivity contribution >= 4 is 21.4 Å². The second kappa shape index (κ2) is 2.81. The molecule has 1 saturated carbocycles. The quantitative estimate of drug-likeness (QED) is 0.768. The molecule has 2 unspecified atom stereocenters. The molecule has 2 aliphatic rings. The average Bonchev–Trinajstić information content (AvgIpc) is 2.67. The highest BCUT2D eigenvalue weighted by Crippen LogP contribution is 2.46. The van der Waals surface area contributed by atoms with Crippen molar-refractivity contribution in [2.24, 2.45) is 11.8 Å². The van der Waals surface area contributed by atoms with E-state index in [4.69, 9.17) is 0 Å². The maximum atomic E-state index is 12.0. The van der Waals surface area contributed by atoms with Crippen LogP contribution in [0.4, 0.5) is 0 Å². The Kier molecular flexibility index (Phi) is 1.78. The van der Waals surface area contributed by atoms with Crippen molar-refractivity contribution in [2.45, 2.75) is 10.6 Å². The molecule has 2 atom stereocenters. The van der Waals surface area contributed by atoms with Crippen molar-refractivity contribution in [3.63, 3.8) is 0 Å². The van der Waals surface area contributed by atoms with E-state index in [1.54, 1.807) is 16.4 Å². The summed E-state index contributed by atoms with van der Waals surface area (Å²) in [7, 11) is -3.15. The third kappa shape index (κ3) is 1.23. The number of thiophene rings is 1. The van der Waals surface area contributed by atoms with E-state index >= 15 is 0 Å². The summed E-state index contributed by atoms with van der Waals surface area (Å²) in [5.74, 6) is 1.31. The van der Waals surface area contributed by atoms with Crippen LogP contribution >= 0.6 is 11.3 Å². The molecule has 1 saturated heterocycles. The van der Waals surface area contributed by atoms with Gasteiger partial charge in [0.05, 0.1) is 0 Å². The smallest absolute Gasteiger partial charge is 0.206 e. The van der Waals surface area contributed by atoms with Gasteiger partial charge in [0.2, 0.25) is 0 Å². The summed E-state index contributed by atoms with van der Waals surface area (Å²) in [6.45, 7) is 1.48. The first-order valence-electron chi connectivity index (χ1n) is 4.71. The Morgan fingerprint density at radius 2 is 2.07 bits per heavy atom. The molecule has 14 heavy (non-hydrogen) atoms. The first-order valence-corrected chi connectivity index (χ1v) is 7.03. The first kappa shape index (κ1) is 8.88. The third-order valence-electron chi connectivity index (χ3n) is 3.03. The van der Waals surface area contributed by atoms with Gasteiger partial charge in [-0.15, -0.1) is 11.3 Å². The van der Waals surface area contributed by atoms with Crippen LogP contribution in [0.2, 0.25) is 0 Å². The van der Waals surface area contributed by atoms with Gasteiger partial charge in [-0.1, -0.05) is 6.07 Å². The van der Waals surface area contributed by atoms with E-state index in [1.165, 1.54) is 17.8 Å². The van der Waals surface area contributed by atoms with Crippen LogP contribution in [0.3, 0.4) is 0 Å². The lowest BCUT2D eigenvalue weighted by Crippen LogP contribution is -2.29. The maximum absolute atomic E-state index is 12.0. The summed E-state index contributed by atoms with van der Waals surface area (Å²) in [4.78, 5) is 0. The number of rotatable bonds is 2. The molecule has 1 aromatic rings. The van der Waals surface area contributed by atoms with E-state index in [2.05, 4.69) is 0 Å². The Bertz CT molecular complexity index is 427. The molecule has 0 amide bonds. The van der Waals surface area contributed by atoms with E-state index < -0.39 is 10.0 Å². The predicted octanol–water partition coefficient (Wildman–Crippen LogP) is 1.39. The zero-order valence-corrected chi connectivity index (χ0v) is 9.22. The number of piperidine rings is 1. The van der Waals surface area contributed by atoms with Gasteiger partial charge in [-0.25, -0.2) is 8.42 Å². The fraction of sp³-hybridized carbons (Fsp3) is 0.556. The summed E-state index contributed by atoms with van der Waals surface area (Å²) in [6, 6.07) is 3.47. The van der Waals surface area contributed by atoms with Gasteiger partial charge < -0.3 is 0 Å². The average molecular weight is 229 g/mol. The Morgan fingerprint density at radius 3 is 2.64 bits per heavy atom. The Labute approximate surface area is 87.4 Å². The lowest BCUT2D eigenvalue weighted by atomic mass is 10.4. The summed E-state index contributed by atoms with van der Waals surface area (Å²) in [5, 5.41) is 1.81.